The van der Waals surface area contributed by atoms with Gasteiger partial charge in [0, 0.05) is 0 Å². The minimum Gasteiger partial charge on any atom is -0.495 e. The normalized spacial score (nSPS) is 11.0. The van der Waals surface area contributed by atoms with Crippen LogP contribution in [-0.2, 0) is 4.79 Å². The number of anilines is 1. The predicted molar refractivity (Wildman–Crippen MR) is 132 cm³/mol. The van der Waals surface area contributed by atoms with Gasteiger partial charge in [-0.15, -0.1) is 11.3 Å². The summed E-state index contributed by atoms with van der Waals surface area (Å²) >= 11 is 2.61. The summed E-state index contributed by atoms with van der Waals surface area (Å²) in [5.74, 6) is 0.494. The highest BCUT2D eigenvalue weighted by atomic mass is 32.2. The molecule has 1 amide bonds. The van der Waals surface area contributed by atoms with E-state index in [1.165, 1.54) is 23.1 Å². The van der Waals surface area contributed by atoms with Crippen molar-refractivity contribution in [3.63, 3.8) is 0 Å². The monoisotopic (exact) mass is 465 g/mol. The molecule has 0 bridgehead atoms. The number of nitrogens with zero attached hydrogens (tertiary/aromatic N) is 2. The standard InChI is InChI=1S/C24H23N3O3S2/c1-14-5-8-20(30-4)19(11-14)25-21(28)13-32-24-26-18-9-10-31-22(18)23(29)27(24)17-7-6-15(2)16(3)12-17/h5-12H,13H2,1-4H3,(H,25,28). The quantitative estimate of drug-likeness (QED) is 0.316. The van der Waals surface area contributed by atoms with E-state index in [1.807, 2.05) is 68.6 Å². The zero-order valence-corrected chi connectivity index (χ0v) is 19.9. The third kappa shape index (κ3) is 4.42. The first-order valence-electron chi connectivity index (χ1n) is 10.0. The molecule has 4 rings (SSSR count). The van der Waals surface area contributed by atoms with Crippen molar-refractivity contribution in [3.8, 4) is 11.4 Å². The molecule has 1 N–H and O–H groups in total. The number of nitrogens with one attached hydrogen (secondary N) is 1. The molecule has 0 atom stereocenters. The number of fused-ring (bicyclic) bond motifs is 1. The summed E-state index contributed by atoms with van der Waals surface area (Å²) < 4.78 is 7.53. The number of aryl methyl sites for hydroxylation is 3. The Kier molecular flexibility index (Phi) is 6.34. The molecule has 8 heteroatoms. The number of amides is 1. The molecule has 4 aromatic rings. The third-order valence-corrected chi connectivity index (χ3v) is 6.99. The Balaban J connectivity index is 1.65. The van der Waals surface area contributed by atoms with Gasteiger partial charge in [0.25, 0.3) is 5.56 Å². The molecule has 0 radical (unpaired) electrons. The number of hydrogen-bond donors (Lipinski definition) is 1. The molecule has 0 aliphatic carbocycles. The lowest BCUT2D eigenvalue weighted by Crippen LogP contribution is -2.22. The first-order chi connectivity index (χ1) is 15.4. The van der Waals surface area contributed by atoms with Gasteiger partial charge in [-0.05, 0) is 73.2 Å². The number of thiophene rings is 1. The Hall–Kier alpha value is -3.10. The predicted octanol–water partition coefficient (Wildman–Crippen LogP) is 5.11. The number of carbonyl (C=O) groups is 1. The lowest BCUT2D eigenvalue weighted by Gasteiger charge is -2.14. The third-order valence-electron chi connectivity index (χ3n) is 5.16. The topological polar surface area (TPSA) is 73.2 Å². The summed E-state index contributed by atoms with van der Waals surface area (Å²) in [6, 6.07) is 13.3. The van der Waals surface area contributed by atoms with Gasteiger partial charge in [-0.2, -0.15) is 0 Å². The number of benzene rings is 2. The van der Waals surface area contributed by atoms with E-state index in [4.69, 9.17) is 4.74 Å². The van der Waals surface area contributed by atoms with Gasteiger partial charge < -0.3 is 10.1 Å². The minimum absolute atomic E-state index is 0.101. The minimum atomic E-state index is -0.204. The highest BCUT2D eigenvalue weighted by Gasteiger charge is 2.17. The Morgan fingerprint density at radius 2 is 1.94 bits per heavy atom. The number of thioether (sulfide) groups is 1. The number of rotatable bonds is 6. The van der Waals surface area contributed by atoms with Gasteiger partial charge in [-0.25, -0.2) is 4.98 Å². The van der Waals surface area contributed by atoms with E-state index in [0.29, 0.717) is 26.8 Å². The molecular formula is C24H23N3O3S2. The van der Waals surface area contributed by atoms with Crippen LogP contribution in [0.25, 0.3) is 15.9 Å². The number of ether oxygens (including phenoxy) is 1. The molecule has 2 aromatic carbocycles. The van der Waals surface area contributed by atoms with E-state index in [1.54, 1.807) is 11.7 Å². The maximum Gasteiger partial charge on any atom is 0.276 e. The zero-order chi connectivity index (χ0) is 22.8. The molecule has 32 heavy (non-hydrogen) atoms. The fourth-order valence-electron chi connectivity index (χ4n) is 3.32. The first kappa shape index (κ1) is 22.1. The van der Waals surface area contributed by atoms with E-state index in [9.17, 15) is 9.59 Å². The van der Waals surface area contributed by atoms with Crippen LogP contribution >= 0.6 is 23.1 Å². The van der Waals surface area contributed by atoms with Crippen LogP contribution in [0.3, 0.4) is 0 Å². The van der Waals surface area contributed by atoms with Crippen LogP contribution in [0, 0.1) is 20.8 Å². The van der Waals surface area contributed by atoms with Crippen LogP contribution in [0.15, 0.2) is 57.8 Å². The van der Waals surface area contributed by atoms with Gasteiger partial charge in [0.2, 0.25) is 5.91 Å². The van der Waals surface area contributed by atoms with Crippen molar-refractivity contribution in [1.29, 1.82) is 0 Å². The van der Waals surface area contributed by atoms with E-state index in [-0.39, 0.29) is 17.2 Å². The Morgan fingerprint density at radius 1 is 1.12 bits per heavy atom. The van der Waals surface area contributed by atoms with E-state index in [0.717, 1.165) is 22.4 Å². The zero-order valence-electron chi connectivity index (χ0n) is 18.3. The molecule has 0 saturated heterocycles. The van der Waals surface area contributed by atoms with E-state index < -0.39 is 0 Å². The van der Waals surface area contributed by atoms with Crippen molar-refractivity contribution in [2.45, 2.75) is 25.9 Å². The largest absolute Gasteiger partial charge is 0.495 e. The van der Waals surface area contributed by atoms with Crippen LogP contribution in [0.4, 0.5) is 5.69 Å². The average molecular weight is 466 g/mol. The molecule has 0 aliphatic heterocycles. The summed E-state index contributed by atoms with van der Waals surface area (Å²) in [6.45, 7) is 5.99. The van der Waals surface area contributed by atoms with Crippen molar-refractivity contribution in [3.05, 3.63) is 74.9 Å². The molecule has 0 spiro atoms. The second kappa shape index (κ2) is 9.18. The molecular weight excluding hydrogens is 442 g/mol. The lowest BCUT2D eigenvalue weighted by atomic mass is 10.1. The fraction of sp³-hybridized carbons (Fsp3) is 0.208. The summed E-state index contributed by atoms with van der Waals surface area (Å²) in [6.07, 6.45) is 0. The number of hydrogen-bond acceptors (Lipinski definition) is 6. The second-order valence-electron chi connectivity index (χ2n) is 7.48. The summed E-state index contributed by atoms with van der Waals surface area (Å²) in [7, 11) is 1.57. The highest BCUT2D eigenvalue weighted by molar-refractivity contribution is 7.99. The van der Waals surface area contributed by atoms with Crippen LogP contribution in [0.2, 0.25) is 0 Å². The van der Waals surface area contributed by atoms with Crippen molar-refractivity contribution in [2.75, 3.05) is 18.2 Å². The Labute approximate surface area is 194 Å². The van der Waals surface area contributed by atoms with Crippen LogP contribution in [-0.4, -0.2) is 28.3 Å². The molecule has 0 unspecified atom stereocenters. The summed E-state index contributed by atoms with van der Waals surface area (Å²) in [4.78, 5) is 30.7. The number of carbonyl (C=O) groups excluding carboxylic acids is 1. The number of methoxy groups -OCH3 is 1. The van der Waals surface area contributed by atoms with Crippen LogP contribution < -0.4 is 15.6 Å². The van der Waals surface area contributed by atoms with Gasteiger partial charge in [-0.3, -0.25) is 14.2 Å². The molecule has 6 nitrogen and oxygen atoms in total. The van der Waals surface area contributed by atoms with Crippen molar-refractivity contribution < 1.29 is 9.53 Å². The molecule has 0 aliphatic rings. The van der Waals surface area contributed by atoms with Crippen LogP contribution in [0.1, 0.15) is 16.7 Å². The average Bonchev–Trinajstić information content (AvgIpc) is 3.24. The maximum absolute atomic E-state index is 13.3. The van der Waals surface area contributed by atoms with Crippen molar-refractivity contribution in [2.24, 2.45) is 0 Å². The first-order valence-corrected chi connectivity index (χ1v) is 11.9. The van der Waals surface area contributed by atoms with Gasteiger partial charge in [0.1, 0.15) is 10.4 Å². The highest BCUT2D eigenvalue weighted by Crippen LogP contribution is 2.27. The van der Waals surface area contributed by atoms with E-state index in [2.05, 4.69) is 10.3 Å². The SMILES string of the molecule is COc1ccc(C)cc1NC(=O)CSc1nc2ccsc2c(=O)n1-c1ccc(C)c(C)c1. The van der Waals surface area contributed by atoms with Gasteiger partial charge in [0.05, 0.1) is 29.8 Å². The Morgan fingerprint density at radius 3 is 2.69 bits per heavy atom. The van der Waals surface area contributed by atoms with Crippen molar-refractivity contribution in [1.82, 2.24) is 9.55 Å². The molecule has 164 valence electrons. The summed E-state index contributed by atoms with van der Waals surface area (Å²) in [5, 5.41) is 5.24. The summed E-state index contributed by atoms with van der Waals surface area (Å²) in [5.41, 5.74) is 5.12. The van der Waals surface area contributed by atoms with Crippen molar-refractivity contribution >= 4 is 44.9 Å². The fourth-order valence-corrected chi connectivity index (χ4v) is 4.89. The molecule has 0 saturated carbocycles. The van der Waals surface area contributed by atoms with Gasteiger partial charge in [0.15, 0.2) is 5.16 Å². The molecule has 2 aromatic heterocycles. The molecule has 2 heterocycles. The smallest absolute Gasteiger partial charge is 0.276 e. The Bertz CT molecular complexity index is 1370. The van der Waals surface area contributed by atoms with E-state index >= 15 is 0 Å². The van der Waals surface area contributed by atoms with Gasteiger partial charge >= 0.3 is 0 Å². The van der Waals surface area contributed by atoms with Crippen LogP contribution in [0.5, 0.6) is 5.75 Å². The maximum atomic E-state index is 13.3. The lowest BCUT2D eigenvalue weighted by molar-refractivity contribution is -0.113. The number of aromatic nitrogens is 2. The van der Waals surface area contributed by atoms with Gasteiger partial charge in [-0.1, -0.05) is 23.9 Å². The second-order valence-corrected chi connectivity index (χ2v) is 9.34. The molecule has 0 fully saturated rings.